The maximum atomic E-state index is 12.8. The van der Waals surface area contributed by atoms with Gasteiger partial charge in [0.25, 0.3) is 5.56 Å². The molecule has 142 valence electrons. The molecule has 8 heteroatoms. The minimum absolute atomic E-state index is 0.169. The third-order valence-corrected chi connectivity index (χ3v) is 6.05. The van der Waals surface area contributed by atoms with Gasteiger partial charge in [0.1, 0.15) is 5.75 Å². The molecule has 27 heavy (non-hydrogen) atoms. The van der Waals surface area contributed by atoms with Crippen molar-refractivity contribution >= 4 is 27.9 Å². The lowest BCUT2D eigenvalue weighted by Gasteiger charge is -2.17. The third-order valence-electron chi connectivity index (χ3n) is 5.14. The molecule has 3 rings (SSSR count). The lowest BCUT2D eigenvalue weighted by molar-refractivity contribution is -0.163. The van der Waals surface area contributed by atoms with E-state index in [4.69, 9.17) is 4.74 Å². The zero-order valence-corrected chi connectivity index (χ0v) is 16.4. The number of carbonyl (C=O) groups is 2. The van der Waals surface area contributed by atoms with Crippen molar-refractivity contribution in [2.24, 2.45) is 5.41 Å². The van der Waals surface area contributed by atoms with Crippen LogP contribution in [0.4, 0.5) is 0 Å². The van der Waals surface area contributed by atoms with Crippen molar-refractivity contribution in [1.29, 1.82) is 0 Å². The number of hydrogen-bond donors (Lipinski definition) is 2. The van der Waals surface area contributed by atoms with Gasteiger partial charge in [-0.2, -0.15) is 0 Å². The highest BCUT2D eigenvalue weighted by Gasteiger charge is 2.52. The quantitative estimate of drug-likeness (QED) is 0.550. The van der Waals surface area contributed by atoms with Gasteiger partial charge >= 0.3 is 11.9 Å². The zero-order chi connectivity index (χ0) is 19.9. The summed E-state index contributed by atoms with van der Waals surface area (Å²) in [6, 6.07) is 7.24. The number of methoxy groups -OCH3 is 1. The highest BCUT2D eigenvalue weighted by molar-refractivity contribution is 9.10. The van der Waals surface area contributed by atoms with Crippen molar-refractivity contribution < 1.29 is 24.5 Å². The molecule has 1 aliphatic carbocycles. The van der Waals surface area contributed by atoms with E-state index in [9.17, 15) is 24.6 Å². The van der Waals surface area contributed by atoms with Gasteiger partial charge in [0, 0.05) is 18.4 Å². The van der Waals surface area contributed by atoms with E-state index < -0.39 is 17.4 Å². The summed E-state index contributed by atoms with van der Waals surface area (Å²) in [5.74, 6) is -2.10. The second-order valence-electron chi connectivity index (χ2n) is 6.66. The van der Waals surface area contributed by atoms with Crippen LogP contribution in [0.2, 0.25) is 0 Å². The van der Waals surface area contributed by atoms with Gasteiger partial charge in [-0.25, -0.2) is 0 Å². The van der Waals surface area contributed by atoms with E-state index in [0.717, 1.165) is 5.56 Å². The molecule has 0 bridgehead atoms. The Morgan fingerprint density at radius 1 is 1.15 bits per heavy atom. The number of nitrogens with zero attached hydrogens (tertiary/aromatic N) is 1. The first-order chi connectivity index (χ1) is 12.7. The minimum atomic E-state index is -1.94. The molecule has 1 aromatic carbocycles. The lowest BCUT2D eigenvalue weighted by atomic mass is 9.85. The van der Waals surface area contributed by atoms with E-state index in [1.807, 2.05) is 12.1 Å². The Morgan fingerprint density at radius 2 is 1.70 bits per heavy atom. The van der Waals surface area contributed by atoms with Gasteiger partial charge in [0.2, 0.25) is 0 Å². The predicted octanol–water partition coefficient (Wildman–Crippen LogP) is 2.23. The normalized spacial score (nSPS) is 14.6. The standard InChI is InChI=1S/C19H18BrNO6/c1-10-13-7-19(17(23)24,18(25)26)8-14(13)15(20)21(16(10)22)9-11-3-5-12(27-2)6-4-11/h3-6H,7-9H2,1-2H3,(H,23,24)(H,25,26). The highest BCUT2D eigenvalue weighted by Crippen LogP contribution is 2.41. The highest BCUT2D eigenvalue weighted by atomic mass is 79.9. The van der Waals surface area contributed by atoms with Crippen molar-refractivity contribution in [2.45, 2.75) is 26.3 Å². The monoisotopic (exact) mass is 435 g/mol. The molecule has 1 aromatic heterocycles. The van der Waals surface area contributed by atoms with Crippen LogP contribution in [0.15, 0.2) is 33.7 Å². The molecular weight excluding hydrogens is 418 g/mol. The van der Waals surface area contributed by atoms with Crippen LogP contribution >= 0.6 is 15.9 Å². The molecule has 0 amide bonds. The molecule has 0 fully saturated rings. The fraction of sp³-hybridized carbons (Fsp3) is 0.316. The van der Waals surface area contributed by atoms with Crippen LogP contribution < -0.4 is 10.3 Å². The van der Waals surface area contributed by atoms with Gasteiger partial charge in [0.15, 0.2) is 5.41 Å². The molecule has 1 heterocycles. The molecule has 0 radical (unpaired) electrons. The Balaban J connectivity index is 2.08. The van der Waals surface area contributed by atoms with E-state index >= 15 is 0 Å². The Bertz CT molecular complexity index is 979. The van der Waals surface area contributed by atoms with E-state index in [1.54, 1.807) is 26.2 Å². The number of carboxylic acids is 2. The van der Waals surface area contributed by atoms with Crippen molar-refractivity contribution in [1.82, 2.24) is 4.57 Å². The topological polar surface area (TPSA) is 106 Å². The van der Waals surface area contributed by atoms with E-state index in [2.05, 4.69) is 15.9 Å². The van der Waals surface area contributed by atoms with Crippen LogP contribution in [0.1, 0.15) is 22.3 Å². The Morgan fingerprint density at radius 3 is 2.22 bits per heavy atom. The average Bonchev–Trinajstić information content (AvgIpc) is 3.07. The summed E-state index contributed by atoms with van der Waals surface area (Å²) < 4.78 is 7.05. The summed E-state index contributed by atoms with van der Waals surface area (Å²) in [4.78, 5) is 36.2. The molecule has 1 aliphatic rings. The smallest absolute Gasteiger partial charge is 0.321 e. The number of ether oxygens (including phenoxy) is 1. The number of pyridine rings is 1. The zero-order valence-electron chi connectivity index (χ0n) is 14.8. The molecule has 2 N–H and O–H groups in total. The van der Waals surface area contributed by atoms with Gasteiger partial charge in [-0.15, -0.1) is 0 Å². The van der Waals surface area contributed by atoms with Gasteiger partial charge < -0.3 is 14.9 Å². The Labute approximate surface area is 163 Å². The number of aromatic nitrogens is 1. The SMILES string of the molecule is COc1ccc(Cn2c(Br)c3c(c(C)c2=O)CC(C(=O)O)(C(=O)O)C3)cc1. The van der Waals surface area contributed by atoms with Crippen LogP contribution in [0.3, 0.4) is 0 Å². The van der Waals surface area contributed by atoms with E-state index in [1.165, 1.54) is 4.57 Å². The second-order valence-corrected chi connectivity index (χ2v) is 7.41. The maximum Gasteiger partial charge on any atom is 0.321 e. The summed E-state index contributed by atoms with van der Waals surface area (Å²) in [5, 5.41) is 19.0. The number of fused-ring (bicyclic) bond motifs is 1. The average molecular weight is 436 g/mol. The molecule has 7 nitrogen and oxygen atoms in total. The Kier molecular flexibility index (Phi) is 4.86. The Hall–Kier alpha value is -2.61. The van der Waals surface area contributed by atoms with Gasteiger partial charge in [0.05, 0.1) is 18.3 Å². The van der Waals surface area contributed by atoms with Crippen molar-refractivity contribution in [3.63, 3.8) is 0 Å². The largest absolute Gasteiger partial charge is 0.497 e. The van der Waals surface area contributed by atoms with Crippen LogP contribution in [-0.2, 0) is 29.0 Å². The summed E-state index contributed by atoms with van der Waals surface area (Å²) in [7, 11) is 1.57. The van der Waals surface area contributed by atoms with Crippen molar-refractivity contribution in [3.05, 3.63) is 61.5 Å². The van der Waals surface area contributed by atoms with Crippen LogP contribution in [-0.4, -0.2) is 33.8 Å². The van der Waals surface area contributed by atoms with Crippen LogP contribution in [0.5, 0.6) is 5.75 Å². The molecule has 0 saturated carbocycles. The molecule has 0 unspecified atom stereocenters. The first-order valence-corrected chi connectivity index (χ1v) is 9.01. The minimum Gasteiger partial charge on any atom is -0.497 e. The fourth-order valence-electron chi connectivity index (χ4n) is 3.47. The number of rotatable bonds is 5. The molecule has 0 spiro atoms. The summed E-state index contributed by atoms with van der Waals surface area (Å²) in [6.45, 7) is 1.88. The van der Waals surface area contributed by atoms with Gasteiger partial charge in [-0.05, 0) is 51.7 Å². The number of benzene rings is 1. The first kappa shape index (κ1) is 19.2. The second kappa shape index (κ2) is 6.84. The predicted molar refractivity (Wildman–Crippen MR) is 100 cm³/mol. The molecular formula is C19H18BrNO6. The molecule has 0 aliphatic heterocycles. The fourth-order valence-corrected chi connectivity index (χ4v) is 4.13. The molecule has 0 saturated heterocycles. The number of aliphatic carboxylic acids is 2. The summed E-state index contributed by atoms with van der Waals surface area (Å²) in [5.41, 5.74) is 0.0855. The maximum absolute atomic E-state index is 12.8. The molecule has 2 aromatic rings. The van der Waals surface area contributed by atoms with Crippen LogP contribution in [0.25, 0.3) is 0 Å². The summed E-state index contributed by atoms with van der Waals surface area (Å²) >= 11 is 3.41. The van der Waals surface area contributed by atoms with Gasteiger partial charge in [-0.1, -0.05) is 12.1 Å². The van der Waals surface area contributed by atoms with Crippen molar-refractivity contribution in [3.8, 4) is 5.75 Å². The lowest BCUT2D eigenvalue weighted by Crippen LogP contribution is -2.40. The summed E-state index contributed by atoms with van der Waals surface area (Å²) in [6.07, 6.45) is -0.368. The molecule has 0 atom stereocenters. The van der Waals surface area contributed by atoms with Crippen molar-refractivity contribution in [2.75, 3.05) is 7.11 Å². The van der Waals surface area contributed by atoms with Gasteiger partial charge in [-0.3, -0.25) is 19.0 Å². The number of carboxylic acid groups (broad SMARTS) is 2. The third kappa shape index (κ3) is 3.03. The van der Waals surface area contributed by atoms with Crippen LogP contribution in [0, 0.1) is 12.3 Å². The van der Waals surface area contributed by atoms with E-state index in [-0.39, 0.29) is 24.9 Å². The van der Waals surface area contributed by atoms with E-state index in [0.29, 0.717) is 27.0 Å². The number of halogens is 1. The first-order valence-electron chi connectivity index (χ1n) is 8.21. The number of hydrogen-bond acceptors (Lipinski definition) is 4.